The van der Waals surface area contributed by atoms with Crippen LogP contribution in [0.1, 0.15) is 38.1 Å². The van der Waals surface area contributed by atoms with Crippen LogP contribution in [0, 0.1) is 19.3 Å². The highest BCUT2D eigenvalue weighted by atomic mass is 16.5. The van der Waals surface area contributed by atoms with Gasteiger partial charge in [0.2, 0.25) is 0 Å². The first-order valence-corrected chi connectivity index (χ1v) is 6.10. The van der Waals surface area contributed by atoms with Crippen LogP contribution in [0.3, 0.4) is 0 Å². The standard InChI is InChI=1S/C13H20N2O2/c1-6-13(4)10(16)7-11(13)17-12-8(2)14-15(5)9(12)3/h11H,6-7H2,1-5H3. The first-order chi connectivity index (χ1) is 7.90. The highest BCUT2D eigenvalue weighted by molar-refractivity contribution is 5.92. The summed E-state index contributed by atoms with van der Waals surface area (Å²) in [6.45, 7) is 7.95. The molecule has 1 aliphatic carbocycles. The maximum Gasteiger partial charge on any atom is 0.163 e. The average Bonchev–Trinajstić information content (AvgIpc) is 2.53. The summed E-state index contributed by atoms with van der Waals surface area (Å²) in [7, 11) is 1.90. The van der Waals surface area contributed by atoms with Crippen molar-refractivity contribution in [1.29, 1.82) is 0 Å². The van der Waals surface area contributed by atoms with Crippen LogP contribution in [-0.2, 0) is 11.8 Å². The van der Waals surface area contributed by atoms with Crippen LogP contribution in [0.25, 0.3) is 0 Å². The van der Waals surface area contributed by atoms with Crippen molar-refractivity contribution < 1.29 is 9.53 Å². The lowest BCUT2D eigenvalue weighted by atomic mass is 9.64. The smallest absolute Gasteiger partial charge is 0.163 e. The molecule has 1 fully saturated rings. The van der Waals surface area contributed by atoms with Gasteiger partial charge in [0.25, 0.3) is 0 Å². The van der Waals surface area contributed by atoms with E-state index in [0.717, 1.165) is 23.6 Å². The first-order valence-electron chi connectivity index (χ1n) is 6.10. The predicted octanol–water partition coefficient (Wildman–Crippen LogP) is 2.17. The minimum absolute atomic E-state index is 0.00148. The third kappa shape index (κ3) is 1.66. The van der Waals surface area contributed by atoms with Gasteiger partial charge in [0, 0.05) is 13.5 Å². The van der Waals surface area contributed by atoms with Gasteiger partial charge in [-0.15, -0.1) is 0 Å². The highest BCUT2D eigenvalue weighted by Crippen LogP contribution is 2.43. The Morgan fingerprint density at radius 3 is 2.59 bits per heavy atom. The molecule has 2 rings (SSSR count). The van der Waals surface area contributed by atoms with Gasteiger partial charge >= 0.3 is 0 Å². The molecular weight excluding hydrogens is 216 g/mol. The van der Waals surface area contributed by atoms with Gasteiger partial charge in [0.15, 0.2) is 5.75 Å². The topological polar surface area (TPSA) is 44.1 Å². The van der Waals surface area contributed by atoms with Gasteiger partial charge < -0.3 is 4.74 Å². The van der Waals surface area contributed by atoms with Crippen molar-refractivity contribution in [2.75, 3.05) is 0 Å². The van der Waals surface area contributed by atoms with Crippen LogP contribution >= 0.6 is 0 Å². The largest absolute Gasteiger partial charge is 0.485 e. The maximum absolute atomic E-state index is 11.7. The molecule has 1 aromatic heterocycles. The van der Waals surface area contributed by atoms with Crippen molar-refractivity contribution in [3.63, 3.8) is 0 Å². The predicted molar refractivity (Wildman–Crippen MR) is 65.1 cm³/mol. The fourth-order valence-corrected chi connectivity index (χ4v) is 2.34. The molecule has 0 aromatic carbocycles. The number of carbonyl (C=O) groups excluding carboxylic acids is 1. The van der Waals surface area contributed by atoms with E-state index in [9.17, 15) is 4.79 Å². The molecule has 0 saturated heterocycles. The van der Waals surface area contributed by atoms with Crippen molar-refractivity contribution in [2.45, 2.75) is 46.6 Å². The van der Waals surface area contributed by atoms with Gasteiger partial charge in [-0.1, -0.05) is 6.92 Å². The molecule has 0 N–H and O–H groups in total. The summed E-state index contributed by atoms with van der Waals surface area (Å²) in [5.41, 5.74) is 1.59. The molecule has 1 aliphatic rings. The lowest BCUT2D eigenvalue weighted by Crippen LogP contribution is -2.54. The zero-order valence-corrected chi connectivity index (χ0v) is 11.2. The molecule has 17 heavy (non-hydrogen) atoms. The van der Waals surface area contributed by atoms with Crippen molar-refractivity contribution in [2.24, 2.45) is 12.5 Å². The molecule has 1 aromatic rings. The monoisotopic (exact) mass is 236 g/mol. The maximum atomic E-state index is 11.7. The Morgan fingerprint density at radius 2 is 2.18 bits per heavy atom. The van der Waals surface area contributed by atoms with Gasteiger partial charge in [-0.2, -0.15) is 5.10 Å². The summed E-state index contributed by atoms with van der Waals surface area (Å²) in [6, 6.07) is 0. The summed E-state index contributed by atoms with van der Waals surface area (Å²) >= 11 is 0. The van der Waals surface area contributed by atoms with Gasteiger partial charge in [0.05, 0.1) is 11.1 Å². The molecule has 0 spiro atoms. The molecule has 2 unspecified atom stereocenters. The Kier molecular flexibility index (Phi) is 2.76. The van der Waals surface area contributed by atoms with Crippen LogP contribution in [0.2, 0.25) is 0 Å². The minimum atomic E-state index is -0.311. The van der Waals surface area contributed by atoms with Crippen LogP contribution in [-0.4, -0.2) is 21.7 Å². The van der Waals surface area contributed by atoms with E-state index in [1.165, 1.54) is 0 Å². The van der Waals surface area contributed by atoms with Crippen molar-refractivity contribution in [3.05, 3.63) is 11.4 Å². The number of hydrogen-bond donors (Lipinski definition) is 0. The second-order valence-electron chi connectivity index (χ2n) is 5.13. The number of ether oxygens (including phenoxy) is 1. The Hall–Kier alpha value is -1.32. The molecule has 1 saturated carbocycles. The third-order valence-electron chi connectivity index (χ3n) is 4.16. The molecular formula is C13H20N2O2. The second kappa shape index (κ2) is 3.86. The zero-order valence-electron chi connectivity index (χ0n) is 11.2. The van der Waals surface area contributed by atoms with E-state index in [1.54, 1.807) is 0 Å². The van der Waals surface area contributed by atoms with Crippen LogP contribution in [0.15, 0.2) is 0 Å². The van der Waals surface area contributed by atoms with E-state index in [2.05, 4.69) is 5.10 Å². The molecule has 0 radical (unpaired) electrons. The summed E-state index contributed by atoms with van der Waals surface area (Å²) in [4.78, 5) is 11.7. The Balaban J connectivity index is 2.20. The van der Waals surface area contributed by atoms with E-state index < -0.39 is 0 Å². The second-order valence-corrected chi connectivity index (χ2v) is 5.13. The molecule has 0 aliphatic heterocycles. The number of rotatable bonds is 3. The van der Waals surface area contributed by atoms with E-state index in [1.807, 2.05) is 39.4 Å². The average molecular weight is 236 g/mol. The van der Waals surface area contributed by atoms with E-state index in [-0.39, 0.29) is 11.5 Å². The summed E-state index contributed by atoms with van der Waals surface area (Å²) in [5.74, 6) is 1.15. The van der Waals surface area contributed by atoms with E-state index in [0.29, 0.717) is 12.2 Å². The summed E-state index contributed by atoms with van der Waals surface area (Å²) < 4.78 is 7.82. The zero-order chi connectivity index (χ0) is 12.8. The van der Waals surface area contributed by atoms with Gasteiger partial charge in [-0.3, -0.25) is 9.48 Å². The lowest BCUT2D eigenvalue weighted by Gasteiger charge is -2.44. The van der Waals surface area contributed by atoms with Gasteiger partial charge in [-0.25, -0.2) is 0 Å². The lowest BCUT2D eigenvalue weighted by molar-refractivity contribution is -0.150. The van der Waals surface area contributed by atoms with E-state index >= 15 is 0 Å². The number of aromatic nitrogens is 2. The normalized spacial score (nSPS) is 28.1. The Bertz CT molecular complexity index is 464. The molecule has 4 nitrogen and oxygen atoms in total. The number of nitrogens with zero attached hydrogens (tertiary/aromatic N) is 2. The molecule has 4 heteroatoms. The minimum Gasteiger partial charge on any atom is -0.485 e. The number of ketones is 1. The summed E-state index contributed by atoms with van der Waals surface area (Å²) in [5, 5.41) is 4.32. The molecule has 94 valence electrons. The summed E-state index contributed by atoms with van der Waals surface area (Å²) in [6.07, 6.45) is 1.36. The van der Waals surface area contributed by atoms with Gasteiger partial charge in [0.1, 0.15) is 17.6 Å². The number of aryl methyl sites for hydroxylation is 2. The highest BCUT2D eigenvalue weighted by Gasteiger charge is 2.51. The molecule has 0 amide bonds. The SMILES string of the molecule is CCC1(C)C(=O)CC1Oc1c(C)nn(C)c1C. The Labute approximate surface area is 102 Å². The van der Waals surface area contributed by atoms with Crippen LogP contribution < -0.4 is 4.74 Å². The quantitative estimate of drug-likeness (QED) is 0.808. The van der Waals surface area contributed by atoms with E-state index in [4.69, 9.17) is 4.74 Å². The van der Waals surface area contributed by atoms with Crippen molar-refractivity contribution in [3.8, 4) is 5.75 Å². The molecule has 1 heterocycles. The van der Waals surface area contributed by atoms with Crippen molar-refractivity contribution in [1.82, 2.24) is 9.78 Å². The first kappa shape index (κ1) is 12.1. The van der Waals surface area contributed by atoms with Crippen LogP contribution in [0.5, 0.6) is 5.75 Å². The fraction of sp³-hybridized carbons (Fsp3) is 0.692. The van der Waals surface area contributed by atoms with Crippen molar-refractivity contribution >= 4 is 5.78 Å². The number of carbonyl (C=O) groups is 1. The van der Waals surface area contributed by atoms with Crippen LogP contribution in [0.4, 0.5) is 0 Å². The number of Topliss-reactive ketones (excluding diaryl/α,β-unsaturated/α-hetero) is 1. The third-order valence-corrected chi connectivity index (χ3v) is 4.16. The van der Waals surface area contributed by atoms with Gasteiger partial charge in [-0.05, 0) is 27.2 Å². The molecule has 0 bridgehead atoms. The Morgan fingerprint density at radius 1 is 1.53 bits per heavy atom. The number of hydrogen-bond acceptors (Lipinski definition) is 3. The molecule has 2 atom stereocenters. The fourth-order valence-electron chi connectivity index (χ4n) is 2.34.